The van der Waals surface area contributed by atoms with Crippen molar-refractivity contribution in [3.05, 3.63) is 29.8 Å². The van der Waals surface area contributed by atoms with E-state index >= 15 is 0 Å². The monoisotopic (exact) mass is 320 g/mol. The first-order valence-electron chi connectivity index (χ1n) is 7.38. The Hall–Kier alpha value is -2.37. The van der Waals surface area contributed by atoms with Crippen molar-refractivity contribution in [3.8, 4) is 0 Å². The van der Waals surface area contributed by atoms with Crippen molar-refractivity contribution in [1.29, 1.82) is 5.41 Å². The summed E-state index contributed by atoms with van der Waals surface area (Å²) < 4.78 is 9.80. The van der Waals surface area contributed by atoms with E-state index in [2.05, 4.69) is 10.1 Å². The van der Waals surface area contributed by atoms with E-state index in [0.29, 0.717) is 5.56 Å². The van der Waals surface area contributed by atoms with E-state index in [1.165, 1.54) is 7.11 Å². The van der Waals surface area contributed by atoms with E-state index in [1.807, 2.05) is 6.92 Å². The molecule has 0 bridgehead atoms. The van der Waals surface area contributed by atoms with Crippen LogP contribution in [0, 0.1) is 5.41 Å². The molecule has 2 N–H and O–H groups in total. The van der Waals surface area contributed by atoms with Gasteiger partial charge in [-0.1, -0.05) is 0 Å². The molecule has 0 aliphatic rings. The lowest BCUT2D eigenvalue weighted by molar-refractivity contribution is -0.146. The van der Waals surface area contributed by atoms with E-state index < -0.39 is 17.5 Å². The van der Waals surface area contributed by atoms with Crippen molar-refractivity contribution >= 4 is 23.3 Å². The number of esters is 2. The third-order valence-corrected chi connectivity index (χ3v) is 2.87. The Labute approximate surface area is 136 Å². The maximum Gasteiger partial charge on any atom is 0.352 e. The fraction of sp³-hybridized carbons (Fsp3) is 0.471. The van der Waals surface area contributed by atoms with Crippen LogP contribution in [0.25, 0.3) is 0 Å². The van der Waals surface area contributed by atoms with E-state index in [9.17, 15) is 9.59 Å². The molecule has 1 unspecified atom stereocenters. The highest BCUT2D eigenvalue weighted by Gasteiger charge is 2.21. The second kappa shape index (κ2) is 7.76. The second-order valence-corrected chi connectivity index (χ2v) is 6.30. The van der Waals surface area contributed by atoms with Crippen molar-refractivity contribution in [2.24, 2.45) is 0 Å². The number of methoxy groups -OCH3 is 1. The van der Waals surface area contributed by atoms with Gasteiger partial charge in [0.15, 0.2) is 0 Å². The molecule has 0 heterocycles. The van der Waals surface area contributed by atoms with E-state index in [-0.39, 0.29) is 18.2 Å². The lowest BCUT2D eigenvalue weighted by atomic mass is 10.1. The molecule has 1 aromatic carbocycles. The first-order valence-corrected chi connectivity index (χ1v) is 7.38. The fourth-order valence-electron chi connectivity index (χ4n) is 1.89. The molecule has 0 spiro atoms. The highest BCUT2D eigenvalue weighted by molar-refractivity contribution is 6.35. The molecule has 126 valence electrons. The predicted molar refractivity (Wildman–Crippen MR) is 89.1 cm³/mol. The summed E-state index contributed by atoms with van der Waals surface area (Å²) in [5.74, 6) is -0.997. The summed E-state index contributed by atoms with van der Waals surface area (Å²) in [4.78, 5) is 23.1. The Morgan fingerprint density at radius 1 is 1.22 bits per heavy atom. The number of carbonyl (C=O) groups excluding carboxylic acids is 2. The van der Waals surface area contributed by atoms with Gasteiger partial charge in [0.2, 0.25) is 0 Å². The third kappa shape index (κ3) is 6.50. The van der Waals surface area contributed by atoms with Gasteiger partial charge in [-0.15, -0.1) is 0 Å². The third-order valence-electron chi connectivity index (χ3n) is 2.87. The van der Waals surface area contributed by atoms with E-state index in [4.69, 9.17) is 10.1 Å². The van der Waals surface area contributed by atoms with Gasteiger partial charge in [-0.25, -0.2) is 9.59 Å². The van der Waals surface area contributed by atoms with Crippen LogP contribution < -0.4 is 5.32 Å². The average molecular weight is 320 g/mol. The Morgan fingerprint density at radius 2 is 1.78 bits per heavy atom. The van der Waals surface area contributed by atoms with Gasteiger partial charge in [-0.05, 0) is 52.0 Å². The minimum atomic E-state index is -0.607. The van der Waals surface area contributed by atoms with Crippen LogP contribution in [0.5, 0.6) is 0 Å². The van der Waals surface area contributed by atoms with Crippen LogP contribution in [0.4, 0.5) is 5.69 Å². The first-order chi connectivity index (χ1) is 10.6. The summed E-state index contributed by atoms with van der Waals surface area (Å²) in [6.45, 7) is 7.17. The summed E-state index contributed by atoms with van der Waals surface area (Å²) >= 11 is 0. The number of anilines is 1. The summed E-state index contributed by atoms with van der Waals surface area (Å²) in [6, 6.07) is 6.68. The molecule has 0 radical (unpaired) electrons. The summed E-state index contributed by atoms with van der Waals surface area (Å²) in [5.41, 5.74) is 0.574. The molecule has 0 aliphatic heterocycles. The largest absolute Gasteiger partial charge is 0.465 e. The number of carbonyl (C=O) groups is 2. The average Bonchev–Trinajstić information content (AvgIpc) is 2.45. The highest BCUT2D eigenvalue weighted by Crippen LogP contribution is 2.14. The SMILES string of the molecule is COC(=O)c1ccc(NC(C)CC(=N)C(=O)OC(C)(C)C)cc1. The van der Waals surface area contributed by atoms with E-state index in [0.717, 1.165) is 5.69 Å². The first kappa shape index (κ1) is 18.7. The molecule has 0 amide bonds. The van der Waals surface area contributed by atoms with Crippen LogP contribution in [0.2, 0.25) is 0 Å². The lowest BCUT2D eigenvalue weighted by Crippen LogP contribution is -2.31. The number of benzene rings is 1. The zero-order chi connectivity index (χ0) is 17.6. The molecule has 23 heavy (non-hydrogen) atoms. The topological polar surface area (TPSA) is 88.5 Å². The lowest BCUT2D eigenvalue weighted by Gasteiger charge is -2.21. The molecule has 0 aliphatic carbocycles. The quantitative estimate of drug-likeness (QED) is 0.621. The van der Waals surface area contributed by atoms with Crippen LogP contribution >= 0.6 is 0 Å². The fourth-order valence-corrected chi connectivity index (χ4v) is 1.89. The van der Waals surface area contributed by atoms with Gasteiger partial charge in [0, 0.05) is 18.2 Å². The molecular formula is C17H24N2O4. The van der Waals surface area contributed by atoms with Crippen molar-refractivity contribution in [2.45, 2.75) is 45.8 Å². The van der Waals surface area contributed by atoms with Gasteiger partial charge in [0.1, 0.15) is 11.3 Å². The van der Waals surface area contributed by atoms with Gasteiger partial charge in [-0.2, -0.15) is 0 Å². The van der Waals surface area contributed by atoms with Crippen molar-refractivity contribution in [1.82, 2.24) is 0 Å². The van der Waals surface area contributed by atoms with Crippen molar-refractivity contribution < 1.29 is 19.1 Å². The molecule has 1 rings (SSSR count). The van der Waals surface area contributed by atoms with Gasteiger partial charge in [-0.3, -0.25) is 5.41 Å². The molecule has 6 nitrogen and oxygen atoms in total. The van der Waals surface area contributed by atoms with Crippen LogP contribution in [-0.4, -0.2) is 36.4 Å². The molecule has 0 fully saturated rings. The normalized spacial score (nSPS) is 12.2. The van der Waals surface area contributed by atoms with Gasteiger partial charge in [0.05, 0.1) is 12.7 Å². The maximum atomic E-state index is 11.8. The van der Waals surface area contributed by atoms with Crippen LogP contribution in [0.3, 0.4) is 0 Å². The zero-order valence-electron chi connectivity index (χ0n) is 14.2. The second-order valence-electron chi connectivity index (χ2n) is 6.30. The van der Waals surface area contributed by atoms with Crippen LogP contribution in [0.15, 0.2) is 24.3 Å². The van der Waals surface area contributed by atoms with Crippen molar-refractivity contribution in [3.63, 3.8) is 0 Å². The number of hydrogen-bond donors (Lipinski definition) is 2. The van der Waals surface area contributed by atoms with Gasteiger partial charge < -0.3 is 14.8 Å². The zero-order valence-corrected chi connectivity index (χ0v) is 14.2. The molecule has 6 heteroatoms. The van der Waals surface area contributed by atoms with Gasteiger partial charge in [0.25, 0.3) is 0 Å². The maximum absolute atomic E-state index is 11.8. The minimum absolute atomic E-state index is 0.0777. The molecule has 0 aromatic heterocycles. The Balaban J connectivity index is 2.56. The standard InChI is InChI=1S/C17H24N2O4/c1-11(10-14(18)16(21)23-17(2,3)4)19-13-8-6-12(7-9-13)15(20)22-5/h6-9,11,18-19H,10H2,1-5H3. The highest BCUT2D eigenvalue weighted by atomic mass is 16.6. The number of hydrogen-bond acceptors (Lipinski definition) is 6. The molecular weight excluding hydrogens is 296 g/mol. The van der Waals surface area contributed by atoms with Crippen molar-refractivity contribution in [2.75, 3.05) is 12.4 Å². The van der Waals surface area contributed by atoms with Crippen LogP contribution in [-0.2, 0) is 14.3 Å². The number of ether oxygens (including phenoxy) is 2. The van der Waals surface area contributed by atoms with Crippen LogP contribution in [0.1, 0.15) is 44.5 Å². The Kier molecular flexibility index (Phi) is 6.30. The number of rotatable bonds is 6. The Morgan fingerprint density at radius 3 is 2.26 bits per heavy atom. The molecule has 0 saturated carbocycles. The predicted octanol–water partition coefficient (Wildman–Crippen LogP) is 3.03. The van der Waals surface area contributed by atoms with E-state index in [1.54, 1.807) is 45.0 Å². The molecule has 1 aromatic rings. The Bertz CT molecular complexity index is 573. The summed E-state index contributed by atoms with van der Waals surface area (Å²) in [6.07, 6.45) is 0.244. The van der Waals surface area contributed by atoms with Gasteiger partial charge >= 0.3 is 11.9 Å². The molecule has 1 atom stereocenters. The minimum Gasteiger partial charge on any atom is -0.465 e. The molecule has 0 saturated heterocycles. The number of nitrogens with one attached hydrogen (secondary N) is 2. The summed E-state index contributed by atoms with van der Waals surface area (Å²) in [7, 11) is 1.33. The summed E-state index contributed by atoms with van der Waals surface area (Å²) in [5, 5.41) is 11.0. The smallest absolute Gasteiger partial charge is 0.352 e.